The Bertz CT molecular complexity index is 1670. The number of aromatic nitrogens is 5. The maximum atomic E-state index is 15.0. The van der Waals surface area contributed by atoms with Crippen molar-refractivity contribution in [1.29, 1.82) is 0 Å². The Kier molecular flexibility index (Phi) is 7.05. The van der Waals surface area contributed by atoms with Gasteiger partial charge in [0.05, 0.1) is 45.5 Å². The second-order valence-corrected chi connectivity index (χ2v) is 10.0. The second-order valence-electron chi connectivity index (χ2n) is 8.51. The third-order valence-corrected chi connectivity index (χ3v) is 7.28. The van der Waals surface area contributed by atoms with Gasteiger partial charge in [-0.05, 0) is 17.7 Å². The summed E-state index contributed by atoms with van der Waals surface area (Å²) in [6.07, 6.45) is 8.92. The van der Waals surface area contributed by atoms with Crippen molar-refractivity contribution in [3.63, 3.8) is 0 Å². The first-order chi connectivity index (χ1) is 18.3. The van der Waals surface area contributed by atoms with Crippen molar-refractivity contribution in [3.8, 4) is 11.1 Å². The van der Waals surface area contributed by atoms with Crippen LogP contribution >= 0.6 is 0 Å². The van der Waals surface area contributed by atoms with E-state index in [1.165, 1.54) is 35.4 Å². The van der Waals surface area contributed by atoms with E-state index in [9.17, 15) is 17.8 Å². The molecule has 3 heterocycles. The summed E-state index contributed by atoms with van der Waals surface area (Å²) in [4.78, 5) is 20.0. The normalized spacial score (nSPS) is 12.1. The van der Waals surface area contributed by atoms with Crippen LogP contribution in [-0.2, 0) is 24.4 Å². The van der Waals surface area contributed by atoms with Gasteiger partial charge in [-0.25, -0.2) is 18.2 Å². The van der Waals surface area contributed by atoms with Gasteiger partial charge in [0.2, 0.25) is 0 Å². The van der Waals surface area contributed by atoms with Crippen LogP contribution in [-0.4, -0.2) is 46.7 Å². The molecule has 1 unspecified atom stereocenters. The van der Waals surface area contributed by atoms with Crippen LogP contribution in [0.5, 0.6) is 0 Å². The van der Waals surface area contributed by atoms with Gasteiger partial charge in [-0.2, -0.15) is 5.10 Å². The van der Waals surface area contributed by atoms with Gasteiger partial charge in [-0.1, -0.05) is 12.1 Å². The molecule has 3 aromatic heterocycles. The zero-order valence-corrected chi connectivity index (χ0v) is 20.9. The molecule has 1 atom stereocenters. The average molecular weight is 539 g/mol. The van der Waals surface area contributed by atoms with Gasteiger partial charge in [-0.15, -0.1) is 0 Å². The van der Waals surface area contributed by atoms with Gasteiger partial charge in [0.1, 0.15) is 23.1 Å². The standard InChI is InChI=1S/C26H21F3N6O2S/c1-34-13-18(11-33-34)16-2-3-17(20(28)8-16)14-35-15-24(25-21(29)9-19(27)10-23(25)35)38(37)7-6-32-26(36)22-12-30-4-5-31-22/h2-5,8-13,15H,6-7,14H2,1H3,(H,32,36). The highest BCUT2D eigenvalue weighted by Gasteiger charge is 2.20. The van der Waals surface area contributed by atoms with Crippen LogP contribution in [0.1, 0.15) is 16.1 Å². The maximum absolute atomic E-state index is 15.0. The summed E-state index contributed by atoms with van der Waals surface area (Å²) in [6, 6.07) is 6.54. The molecule has 38 heavy (non-hydrogen) atoms. The molecule has 0 saturated carbocycles. The van der Waals surface area contributed by atoms with Crippen molar-refractivity contribution < 1.29 is 22.2 Å². The fourth-order valence-electron chi connectivity index (χ4n) is 4.09. The van der Waals surface area contributed by atoms with E-state index in [-0.39, 0.29) is 45.9 Å². The molecule has 8 nitrogen and oxygen atoms in total. The number of carbonyl (C=O) groups excluding carboxylic acids is 1. The molecule has 0 aliphatic heterocycles. The van der Waals surface area contributed by atoms with Gasteiger partial charge in [0.25, 0.3) is 5.91 Å². The predicted molar refractivity (Wildman–Crippen MR) is 135 cm³/mol. The lowest BCUT2D eigenvalue weighted by Gasteiger charge is -2.08. The molecule has 0 fully saturated rings. The lowest BCUT2D eigenvalue weighted by molar-refractivity contribution is 0.0950. The molecule has 0 aliphatic carbocycles. The molecule has 0 radical (unpaired) electrons. The monoisotopic (exact) mass is 538 g/mol. The molecule has 0 spiro atoms. The largest absolute Gasteiger partial charge is 0.350 e. The summed E-state index contributed by atoms with van der Waals surface area (Å²) < 4.78 is 60.2. The number of rotatable bonds is 8. The van der Waals surface area contributed by atoms with Gasteiger partial charge < -0.3 is 9.88 Å². The third-order valence-electron chi connectivity index (χ3n) is 5.91. The highest BCUT2D eigenvalue weighted by atomic mass is 32.2. The van der Waals surface area contributed by atoms with Crippen molar-refractivity contribution in [3.05, 3.63) is 96.2 Å². The molecule has 0 saturated heterocycles. The number of benzene rings is 2. The first-order valence-electron chi connectivity index (χ1n) is 11.5. The minimum atomic E-state index is -1.75. The van der Waals surface area contributed by atoms with Gasteiger partial charge in [0.15, 0.2) is 0 Å². The van der Waals surface area contributed by atoms with Crippen LogP contribution in [0.2, 0.25) is 0 Å². The topological polar surface area (TPSA) is 94.7 Å². The highest BCUT2D eigenvalue weighted by molar-refractivity contribution is 7.85. The Morgan fingerprint density at radius 2 is 1.87 bits per heavy atom. The zero-order valence-electron chi connectivity index (χ0n) is 20.1. The van der Waals surface area contributed by atoms with E-state index in [1.807, 2.05) is 0 Å². The number of amides is 1. The molecule has 0 aliphatic rings. The lowest BCUT2D eigenvalue weighted by atomic mass is 10.1. The SMILES string of the molecule is Cn1cc(-c2ccc(Cn3cc(S(=O)CCNC(=O)c4cnccn4)c4c(F)cc(F)cc43)c(F)c2)cn1. The quantitative estimate of drug-likeness (QED) is 0.324. The van der Waals surface area contributed by atoms with Crippen molar-refractivity contribution >= 4 is 27.6 Å². The molecule has 5 aromatic rings. The Labute approximate surface area is 217 Å². The van der Waals surface area contributed by atoms with E-state index in [4.69, 9.17) is 0 Å². The fraction of sp³-hybridized carbons (Fsp3) is 0.154. The van der Waals surface area contributed by atoms with Crippen molar-refractivity contribution in [1.82, 2.24) is 29.6 Å². The number of halogens is 3. The maximum Gasteiger partial charge on any atom is 0.271 e. The molecule has 1 N–H and O–H groups in total. The van der Waals surface area contributed by atoms with Crippen LogP contribution in [0.4, 0.5) is 13.2 Å². The average Bonchev–Trinajstić information content (AvgIpc) is 3.49. The number of fused-ring (bicyclic) bond motifs is 1. The van der Waals surface area contributed by atoms with Gasteiger partial charge >= 0.3 is 0 Å². The highest BCUT2D eigenvalue weighted by Crippen LogP contribution is 2.30. The first-order valence-corrected chi connectivity index (χ1v) is 12.8. The summed E-state index contributed by atoms with van der Waals surface area (Å²) in [7, 11) is 0.00746. The number of carbonyl (C=O) groups is 1. The van der Waals surface area contributed by atoms with E-state index < -0.39 is 34.2 Å². The third kappa shape index (κ3) is 5.21. The van der Waals surface area contributed by atoms with Crippen LogP contribution in [0, 0.1) is 17.5 Å². The van der Waals surface area contributed by atoms with Crippen molar-refractivity contribution in [2.45, 2.75) is 11.4 Å². The smallest absolute Gasteiger partial charge is 0.271 e. The Balaban J connectivity index is 1.39. The predicted octanol–water partition coefficient (Wildman–Crippen LogP) is 3.84. The Hall–Kier alpha value is -4.32. The summed E-state index contributed by atoms with van der Waals surface area (Å²) >= 11 is 0. The van der Waals surface area contributed by atoms with Crippen molar-refractivity contribution in [2.24, 2.45) is 7.05 Å². The second kappa shape index (κ2) is 10.6. The molecule has 5 rings (SSSR count). The van der Waals surface area contributed by atoms with E-state index in [0.717, 1.165) is 11.6 Å². The van der Waals surface area contributed by atoms with Crippen LogP contribution in [0.25, 0.3) is 22.0 Å². The number of aryl methyl sites for hydroxylation is 1. The lowest BCUT2D eigenvalue weighted by Crippen LogP contribution is -2.28. The Morgan fingerprint density at radius 1 is 1.03 bits per heavy atom. The summed E-state index contributed by atoms with van der Waals surface area (Å²) in [5, 5.41) is 6.67. The molecule has 194 valence electrons. The van der Waals surface area contributed by atoms with Gasteiger partial charge in [-0.3, -0.25) is 18.7 Å². The molecule has 1 amide bonds. The molecule has 2 aromatic carbocycles. The van der Waals surface area contributed by atoms with E-state index in [2.05, 4.69) is 20.4 Å². The molecule has 12 heteroatoms. The number of hydrogen-bond donors (Lipinski definition) is 1. The minimum absolute atomic E-state index is 0.0158. The summed E-state index contributed by atoms with van der Waals surface area (Å²) in [5.74, 6) is -2.71. The summed E-state index contributed by atoms with van der Waals surface area (Å²) in [5.41, 5.74) is 1.92. The van der Waals surface area contributed by atoms with Crippen LogP contribution in [0.15, 0.2) is 72.4 Å². The van der Waals surface area contributed by atoms with E-state index >= 15 is 4.39 Å². The Morgan fingerprint density at radius 3 is 2.58 bits per heavy atom. The fourth-order valence-corrected chi connectivity index (χ4v) is 5.27. The van der Waals surface area contributed by atoms with E-state index in [0.29, 0.717) is 11.6 Å². The molecular formula is C26H21F3N6O2S. The number of nitrogens with one attached hydrogen (secondary N) is 1. The minimum Gasteiger partial charge on any atom is -0.350 e. The number of nitrogens with zero attached hydrogens (tertiary/aromatic N) is 5. The first kappa shape index (κ1) is 25.3. The number of hydrogen-bond acceptors (Lipinski definition) is 5. The van der Waals surface area contributed by atoms with E-state index in [1.54, 1.807) is 36.3 Å². The van der Waals surface area contributed by atoms with Crippen molar-refractivity contribution in [2.75, 3.05) is 12.3 Å². The molecule has 0 bridgehead atoms. The van der Waals surface area contributed by atoms with Gasteiger partial charge in [0, 0.05) is 61.3 Å². The summed E-state index contributed by atoms with van der Waals surface area (Å²) in [6.45, 7) is -0.0267. The zero-order chi connectivity index (χ0) is 26.8. The van der Waals surface area contributed by atoms with Crippen LogP contribution < -0.4 is 5.32 Å². The molecular weight excluding hydrogens is 517 g/mol. The van der Waals surface area contributed by atoms with Crippen LogP contribution in [0.3, 0.4) is 0 Å².